The fraction of sp³-hybridized carbons (Fsp3) is 0.211. The van der Waals surface area contributed by atoms with Crippen molar-refractivity contribution in [3.05, 3.63) is 71.5 Å². The summed E-state index contributed by atoms with van der Waals surface area (Å²) in [5.41, 5.74) is 4.22. The first-order valence-corrected chi connectivity index (χ1v) is 8.02. The van der Waals surface area contributed by atoms with E-state index in [2.05, 4.69) is 39.4 Å². The number of hydrogen-bond acceptors (Lipinski definition) is 3. The Morgan fingerprint density at radius 2 is 1.88 bits per heavy atom. The number of nitrogens with one attached hydrogen (secondary N) is 1. The number of carbonyl (C=O) groups is 1. The second-order valence-electron chi connectivity index (χ2n) is 6.16. The quantitative estimate of drug-likeness (QED) is 0.807. The number of nitrogens with zero attached hydrogens (tertiary/aromatic N) is 3. The van der Waals surface area contributed by atoms with E-state index in [1.165, 1.54) is 17.5 Å². The summed E-state index contributed by atoms with van der Waals surface area (Å²) in [6.07, 6.45) is 3.30. The van der Waals surface area contributed by atoms with Gasteiger partial charge in [0.25, 0.3) is 5.91 Å². The Balaban J connectivity index is 1.55. The van der Waals surface area contributed by atoms with Gasteiger partial charge in [-0.1, -0.05) is 36.4 Å². The molecule has 0 saturated carbocycles. The molecular weight excluding hydrogens is 300 g/mol. The van der Waals surface area contributed by atoms with E-state index >= 15 is 0 Å². The lowest BCUT2D eigenvalue weighted by atomic mass is 10.1. The van der Waals surface area contributed by atoms with E-state index in [4.69, 9.17) is 0 Å². The molecule has 0 saturated heterocycles. The minimum Gasteiger partial charge on any atom is -0.338 e. The molecule has 2 aromatic carbocycles. The zero-order chi connectivity index (χ0) is 16.5. The summed E-state index contributed by atoms with van der Waals surface area (Å²) in [5, 5.41) is 6.69. The highest BCUT2D eigenvalue weighted by Crippen LogP contribution is 2.26. The van der Waals surface area contributed by atoms with Crippen molar-refractivity contribution in [2.45, 2.75) is 18.9 Å². The molecule has 0 bridgehead atoms. The van der Waals surface area contributed by atoms with Crippen molar-refractivity contribution >= 4 is 5.91 Å². The third-order valence-corrected chi connectivity index (χ3v) is 4.70. The fourth-order valence-corrected chi connectivity index (χ4v) is 3.32. The van der Waals surface area contributed by atoms with Gasteiger partial charge in [-0.05, 0) is 36.1 Å². The molecule has 5 heteroatoms. The lowest BCUT2D eigenvalue weighted by Gasteiger charge is -2.24. The van der Waals surface area contributed by atoms with E-state index in [1.807, 2.05) is 36.2 Å². The van der Waals surface area contributed by atoms with Crippen LogP contribution in [0.2, 0.25) is 0 Å². The molecule has 5 nitrogen and oxygen atoms in total. The van der Waals surface area contributed by atoms with Crippen LogP contribution in [0.25, 0.3) is 11.4 Å². The van der Waals surface area contributed by atoms with Gasteiger partial charge in [-0.25, -0.2) is 4.98 Å². The molecule has 4 rings (SSSR count). The number of benzene rings is 2. The summed E-state index contributed by atoms with van der Waals surface area (Å²) in [6, 6.07) is 16.1. The molecule has 1 aliphatic carbocycles. The number of fused-ring (bicyclic) bond motifs is 1. The number of amides is 1. The largest absolute Gasteiger partial charge is 0.338 e. The Labute approximate surface area is 140 Å². The van der Waals surface area contributed by atoms with Gasteiger partial charge in [-0.15, -0.1) is 0 Å². The first kappa shape index (κ1) is 14.6. The molecule has 1 N–H and O–H groups in total. The third kappa shape index (κ3) is 2.58. The Morgan fingerprint density at radius 3 is 2.54 bits per heavy atom. The van der Waals surface area contributed by atoms with Gasteiger partial charge in [0.05, 0.1) is 0 Å². The molecule has 3 aromatic rings. The molecule has 0 atom stereocenters. The van der Waals surface area contributed by atoms with Gasteiger partial charge >= 0.3 is 0 Å². The lowest BCUT2D eigenvalue weighted by molar-refractivity contribution is 0.0738. The topological polar surface area (TPSA) is 61.9 Å². The zero-order valence-corrected chi connectivity index (χ0v) is 13.4. The van der Waals surface area contributed by atoms with E-state index in [-0.39, 0.29) is 11.9 Å². The van der Waals surface area contributed by atoms with Gasteiger partial charge in [0.1, 0.15) is 6.33 Å². The van der Waals surface area contributed by atoms with Crippen LogP contribution in [0, 0.1) is 0 Å². The Bertz CT molecular complexity index is 848. The maximum Gasteiger partial charge on any atom is 0.253 e. The molecular formula is C19H18N4O. The molecule has 0 aliphatic heterocycles. The molecule has 0 unspecified atom stereocenters. The lowest BCUT2D eigenvalue weighted by Crippen LogP contribution is -2.37. The molecule has 24 heavy (non-hydrogen) atoms. The predicted molar refractivity (Wildman–Crippen MR) is 91.6 cm³/mol. The first-order valence-electron chi connectivity index (χ1n) is 8.02. The van der Waals surface area contributed by atoms with Crippen molar-refractivity contribution in [3.8, 4) is 11.4 Å². The van der Waals surface area contributed by atoms with Gasteiger partial charge in [-0.2, -0.15) is 5.10 Å². The number of hydrogen-bond donors (Lipinski definition) is 1. The summed E-state index contributed by atoms with van der Waals surface area (Å²) in [4.78, 5) is 18.9. The number of aromatic amines is 1. The fourth-order valence-electron chi connectivity index (χ4n) is 3.32. The average molecular weight is 318 g/mol. The van der Waals surface area contributed by atoms with Crippen molar-refractivity contribution in [3.63, 3.8) is 0 Å². The van der Waals surface area contributed by atoms with Gasteiger partial charge in [0.2, 0.25) is 0 Å². The van der Waals surface area contributed by atoms with Crippen molar-refractivity contribution in [1.82, 2.24) is 20.1 Å². The monoisotopic (exact) mass is 318 g/mol. The molecule has 0 fully saturated rings. The number of aromatic nitrogens is 3. The molecule has 1 aromatic heterocycles. The Morgan fingerprint density at radius 1 is 1.12 bits per heavy atom. The summed E-state index contributed by atoms with van der Waals surface area (Å²) in [6.45, 7) is 0. The minimum absolute atomic E-state index is 0.0363. The minimum atomic E-state index is 0.0363. The van der Waals surface area contributed by atoms with Crippen LogP contribution in [-0.4, -0.2) is 39.1 Å². The van der Waals surface area contributed by atoms with E-state index in [1.54, 1.807) is 0 Å². The maximum absolute atomic E-state index is 12.9. The van der Waals surface area contributed by atoms with Crippen LogP contribution in [0.5, 0.6) is 0 Å². The molecule has 120 valence electrons. The molecule has 0 radical (unpaired) electrons. The summed E-state index contributed by atoms with van der Waals surface area (Å²) in [5.74, 6) is 0.703. The predicted octanol–water partition coefficient (Wildman–Crippen LogP) is 2.71. The van der Waals surface area contributed by atoms with Gasteiger partial charge in [-0.3, -0.25) is 9.89 Å². The molecule has 1 heterocycles. The third-order valence-electron chi connectivity index (χ3n) is 4.70. The zero-order valence-electron chi connectivity index (χ0n) is 13.4. The maximum atomic E-state index is 12.9. The second-order valence-corrected chi connectivity index (χ2v) is 6.16. The standard InChI is InChI=1S/C19H18N4O/c1-23(17-10-13-5-2-3-6-14(13)11-17)19(24)16-8-4-7-15(9-16)18-20-12-21-22-18/h2-9,12,17H,10-11H2,1H3,(H,20,21,22). The summed E-state index contributed by atoms with van der Waals surface area (Å²) >= 11 is 0. The second kappa shape index (κ2) is 5.92. The number of rotatable bonds is 3. The van der Waals surface area contributed by atoms with E-state index in [0.717, 1.165) is 18.4 Å². The summed E-state index contributed by atoms with van der Waals surface area (Å²) in [7, 11) is 1.89. The Kier molecular flexibility index (Phi) is 3.61. The van der Waals surface area contributed by atoms with Crippen LogP contribution >= 0.6 is 0 Å². The van der Waals surface area contributed by atoms with Gasteiger partial charge < -0.3 is 4.90 Å². The van der Waals surface area contributed by atoms with Crippen LogP contribution in [0.3, 0.4) is 0 Å². The SMILES string of the molecule is CN(C(=O)c1cccc(-c2ncn[nH]2)c1)C1Cc2ccccc2C1. The van der Waals surface area contributed by atoms with E-state index in [9.17, 15) is 4.79 Å². The number of carbonyl (C=O) groups excluding carboxylic acids is 1. The van der Waals surface area contributed by atoms with Crippen LogP contribution in [-0.2, 0) is 12.8 Å². The van der Waals surface area contributed by atoms with Crippen LogP contribution in [0.15, 0.2) is 54.9 Å². The highest BCUT2D eigenvalue weighted by atomic mass is 16.2. The normalized spacial score (nSPS) is 13.7. The van der Waals surface area contributed by atoms with Crippen LogP contribution in [0.1, 0.15) is 21.5 Å². The van der Waals surface area contributed by atoms with Crippen LogP contribution in [0.4, 0.5) is 0 Å². The first-order chi connectivity index (χ1) is 11.7. The van der Waals surface area contributed by atoms with Crippen molar-refractivity contribution in [2.24, 2.45) is 0 Å². The smallest absolute Gasteiger partial charge is 0.253 e. The highest BCUT2D eigenvalue weighted by Gasteiger charge is 2.27. The number of likely N-dealkylation sites (N-methyl/N-ethyl adjacent to an activating group) is 1. The molecule has 1 aliphatic rings. The molecule has 0 spiro atoms. The van der Waals surface area contributed by atoms with E-state index < -0.39 is 0 Å². The van der Waals surface area contributed by atoms with Gasteiger partial charge in [0.15, 0.2) is 5.82 Å². The van der Waals surface area contributed by atoms with Crippen molar-refractivity contribution < 1.29 is 4.79 Å². The molecule has 1 amide bonds. The highest BCUT2D eigenvalue weighted by molar-refractivity contribution is 5.95. The van der Waals surface area contributed by atoms with Crippen molar-refractivity contribution in [2.75, 3.05) is 7.05 Å². The van der Waals surface area contributed by atoms with Crippen molar-refractivity contribution in [1.29, 1.82) is 0 Å². The van der Waals surface area contributed by atoms with Gasteiger partial charge in [0, 0.05) is 24.2 Å². The Hall–Kier alpha value is -2.95. The van der Waals surface area contributed by atoms with E-state index in [0.29, 0.717) is 11.4 Å². The number of H-pyrrole nitrogens is 1. The average Bonchev–Trinajstić information content (AvgIpc) is 3.30. The van der Waals surface area contributed by atoms with Crippen LogP contribution < -0.4 is 0 Å². The summed E-state index contributed by atoms with van der Waals surface area (Å²) < 4.78 is 0.